The maximum absolute atomic E-state index is 13.7. The Morgan fingerprint density at radius 2 is 2.20 bits per heavy atom. The van der Waals surface area contributed by atoms with Gasteiger partial charge in [0.1, 0.15) is 11.9 Å². The molecule has 1 unspecified atom stereocenters. The number of carbonyl (C=O) groups excluding carboxylic acids is 1. The number of sulfonamides is 1. The third kappa shape index (κ3) is 4.00. The Morgan fingerprint density at radius 3 is 2.88 bits per heavy atom. The van der Waals surface area contributed by atoms with Gasteiger partial charge in [0.2, 0.25) is 15.9 Å². The lowest BCUT2D eigenvalue weighted by Crippen LogP contribution is -2.42. The minimum absolute atomic E-state index is 0.0467. The van der Waals surface area contributed by atoms with Crippen LogP contribution < -0.4 is 9.62 Å². The highest BCUT2D eigenvalue weighted by Gasteiger charge is 2.35. The van der Waals surface area contributed by atoms with Gasteiger partial charge in [-0.2, -0.15) is 5.10 Å². The van der Waals surface area contributed by atoms with Gasteiger partial charge in [-0.15, -0.1) is 0 Å². The number of rotatable bonds is 5. The van der Waals surface area contributed by atoms with Crippen LogP contribution in [0.15, 0.2) is 30.6 Å². The molecule has 10 heteroatoms. The number of amides is 1. The zero-order valence-electron chi connectivity index (χ0n) is 13.3. The van der Waals surface area contributed by atoms with Crippen molar-refractivity contribution in [1.29, 1.82) is 0 Å². The maximum atomic E-state index is 13.7. The number of nitrogens with zero attached hydrogens (tertiary/aromatic N) is 3. The summed E-state index contributed by atoms with van der Waals surface area (Å²) >= 11 is 5.78. The van der Waals surface area contributed by atoms with Gasteiger partial charge in [-0.1, -0.05) is 11.6 Å². The zero-order valence-corrected chi connectivity index (χ0v) is 14.9. The lowest BCUT2D eigenvalue weighted by Gasteiger charge is -2.15. The van der Waals surface area contributed by atoms with E-state index in [9.17, 15) is 17.6 Å². The highest BCUT2D eigenvalue weighted by molar-refractivity contribution is 7.88. The van der Waals surface area contributed by atoms with Gasteiger partial charge in [0.25, 0.3) is 0 Å². The molecule has 1 aliphatic heterocycles. The van der Waals surface area contributed by atoms with Crippen LogP contribution in [0.25, 0.3) is 0 Å². The molecule has 25 heavy (non-hydrogen) atoms. The van der Waals surface area contributed by atoms with E-state index < -0.39 is 27.6 Å². The van der Waals surface area contributed by atoms with Gasteiger partial charge in [0.15, 0.2) is 0 Å². The molecule has 1 saturated heterocycles. The zero-order chi connectivity index (χ0) is 18.2. The predicted molar refractivity (Wildman–Crippen MR) is 91.1 cm³/mol. The fourth-order valence-electron chi connectivity index (χ4n) is 2.71. The fraction of sp³-hybridized carbons (Fsp3) is 0.333. The first-order chi connectivity index (χ1) is 11.7. The van der Waals surface area contributed by atoms with Crippen LogP contribution in [0, 0.1) is 5.82 Å². The van der Waals surface area contributed by atoms with Crippen LogP contribution in [0.5, 0.6) is 0 Å². The van der Waals surface area contributed by atoms with Gasteiger partial charge in [-0.05, 0) is 24.6 Å². The highest BCUT2D eigenvalue weighted by Crippen LogP contribution is 2.22. The van der Waals surface area contributed by atoms with E-state index >= 15 is 0 Å². The number of nitrogens with one attached hydrogen (secondary N) is 1. The average molecular weight is 387 g/mol. The van der Waals surface area contributed by atoms with E-state index in [1.54, 1.807) is 17.9 Å². The van der Waals surface area contributed by atoms with Gasteiger partial charge in [0, 0.05) is 30.4 Å². The van der Waals surface area contributed by atoms with Crippen molar-refractivity contribution in [3.05, 3.63) is 47.0 Å². The molecular formula is C15H16ClFN4O3S. The Balaban J connectivity index is 1.71. The minimum atomic E-state index is -3.91. The van der Waals surface area contributed by atoms with E-state index in [4.69, 9.17) is 11.6 Å². The van der Waals surface area contributed by atoms with E-state index in [1.165, 1.54) is 23.2 Å². The van der Waals surface area contributed by atoms with Crippen molar-refractivity contribution in [2.75, 3.05) is 11.4 Å². The second-order valence-corrected chi connectivity index (χ2v) is 8.01. The first kappa shape index (κ1) is 17.8. The summed E-state index contributed by atoms with van der Waals surface area (Å²) in [6.45, 7) is 0.378. The molecule has 7 nitrogen and oxygen atoms in total. The van der Waals surface area contributed by atoms with E-state index in [2.05, 4.69) is 9.82 Å². The summed E-state index contributed by atoms with van der Waals surface area (Å²) in [7, 11) is -2.18. The predicted octanol–water partition coefficient (Wildman–Crippen LogP) is 1.44. The molecule has 0 bridgehead atoms. The molecule has 1 aromatic heterocycles. The van der Waals surface area contributed by atoms with Crippen LogP contribution in [-0.2, 0) is 27.6 Å². The number of halogens is 2. The monoisotopic (exact) mass is 386 g/mol. The van der Waals surface area contributed by atoms with Crippen molar-refractivity contribution >= 4 is 33.2 Å². The Labute approximate surface area is 149 Å². The van der Waals surface area contributed by atoms with Crippen LogP contribution in [0.2, 0.25) is 5.02 Å². The smallest absolute Gasteiger partial charge is 0.245 e. The molecule has 1 N–H and O–H groups in total. The number of aromatic nitrogens is 2. The van der Waals surface area contributed by atoms with Gasteiger partial charge in [-0.25, -0.2) is 17.5 Å². The SMILES string of the molecule is Cn1cc(N2CCC(NS(=O)(=O)Cc3cc(Cl)ccc3F)C2=O)cn1. The van der Waals surface area contributed by atoms with Crippen LogP contribution in [0.1, 0.15) is 12.0 Å². The summed E-state index contributed by atoms with van der Waals surface area (Å²) < 4.78 is 42.3. The molecule has 2 aromatic rings. The summed E-state index contributed by atoms with van der Waals surface area (Å²) in [5.74, 6) is -1.61. The number of carbonyl (C=O) groups is 1. The van der Waals surface area contributed by atoms with Crippen molar-refractivity contribution < 1.29 is 17.6 Å². The molecule has 1 aliphatic rings. The second-order valence-electron chi connectivity index (χ2n) is 5.82. The highest BCUT2D eigenvalue weighted by atomic mass is 35.5. The molecule has 1 fully saturated rings. The number of hydrogen-bond donors (Lipinski definition) is 1. The van der Waals surface area contributed by atoms with Crippen LogP contribution >= 0.6 is 11.6 Å². The molecule has 0 saturated carbocycles. The number of benzene rings is 1. The Morgan fingerprint density at radius 1 is 1.44 bits per heavy atom. The standard InChI is InChI=1S/C15H16ClFN4O3S/c1-20-8-12(7-18-20)21-5-4-14(15(21)22)19-25(23,24)9-10-6-11(16)2-3-13(10)17/h2-3,6-8,14,19H,4-5,9H2,1H3. The topological polar surface area (TPSA) is 84.3 Å². The molecule has 1 aromatic carbocycles. The van der Waals surface area contributed by atoms with Crippen molar-refractivity contribution in [2.24, 2.45) is 7.05 Å². The third-order valence-corrected chi connectivity index (χ3v) is 5.45. The molecular weight excluding hydrogens is 371 g/mol. The summed E-state index contributed by atoms with van der Waals surface area (Å²) in [5.41, 5.74) is 0.560. The largest absolute Gasteiger partial charge is 0.308 e. The molecule has 1 amide bonds. The summed E-state index contributed by atoms with van der Waals surface area (Å²) in [6.07, 6.45) is 3.54. The van der Waals surface area contributed by atoms with Crippen LogP contribution in [0.4, 0.5) is 10.1 Å². The Bertz CT molecular complexity index is 915. The van der Waals surface area contributed by atoms with Crippen molar-refractivity contribution in [3.8, 4) is 0 Å². The van der Waals surface area contributed by atoms with Gasteiger partial charge in [-0.3, -0.25) is 9.48 Å². The quantitative estimate of drug-likeness (QED) is 0.842. The van der Waals surface area contributed by atoms with Crippen molar-refractivity contribution in [1.82, 2.24) is 14.5 Å². The molecule has 2 heterocycles. The normalized spacial score (nSPS) is 18.1. The molecule has 3 rings (SSSR count). The Kier molecular flexibility index (Phi) is 4.81. The van der Waals surface area contributed by atoms with E-state index in [-0.39, 0.29) is 16.5 Å². The third-order valence-electron chi connectivity index (χ3n) is 3.88. The molecule has 0 radical (unpaired) electrons. The summed E-state index contributed by atoms with van der Waals surface area (Å²) in [6, 6.07) is 2.83. The van der Waals surface area contributed by atoms with E-state index in [0.29, 0.717) is 18.7 Å². The summed E-state index contributed by atoms with van der Waals surface area (Å²) in [5, 5.41) is 4.24. The Hall–Kier alpha value is -1.97. The van der Waals surface area contributed by atoms with Gasteiger partial charge >= 0.3 is 0 Å². The van der Waals surface area contributed by atoms with Crippen molar-refractivity contribution in [3.63, 3.8) is 0 Å². The van der Waals surface area contributed by atoms with Crippen LogP contribution in [0.3, 0.4) is 0 Å². The number of anilines is 1. The second kappa shape index (κ2) is 6.74. The molecule has 1 atom stereocenters. The van der Waals surface area contributed by atoms with Crippen molar-refractivity contribution in [2.45, 2.75) is 18.2 Å². The lowest BCUT2D eigenvalue weighted by atomic mass is 10.2. The first-order valence-electron chi connectivity index (χ1n) is 7.49. The van der Waals surface area contributed by atoms with Gasteiger partial charge in [0.05, 0.1) is 17.6 Å². The minimum Gasteiger partial charge on any atom is -0.308 e. The number of aryl methyl sites for hydroxylation is 1. The maximum Gasteiger partial charge on any atom is 0.245 e. The first-order valence-corrected chi connectivity index (χ1v) is 9.52. The van der Waals surface area contributed by atoms with Gasteiger partial charge < -0.3 is 4.90 Å². The average Bonchev–Trinajstić information content (AvgIpc) is 3.09. The molecule has 134 valence electrons. The molecule has 0 spiro atoms. The van der Waals surface area contributed by atoms with Crippen LogP contribution in [-0.4, -0.2) is 36.7 Å². The van der Waals surface area contributed by atoms with E-state index in [1.807, 2.05) is 0 Å². The van der Waals surface area contributed by atoms with E-state index in [0.717, 1.165) is 6.07 Å². The summed E-state index contributed by atoms with van der Waals surface area (Å²) in [4.78, 5) is 13.9. The fourth-order valence-corrected chi connectivity index (χ4v) is 4.27. The molecule has 0 aliphatic carbocycles. The number of hydrogen-bond acceptors (Lipinski definition) is 4. The lowest BCUT2D eigenvalue weighted by molar-refractivity contribution is -0.118.